The molecule has 3 heterocycles. The molecule has 0 saturated carbocycles. The summed E-state index contributed by atoms with van der Waals surface area (Å²) in [4.78, 5) is 12.3. The number of hydrogen-bond donors (Lipinski definition) is 1. The predicted octanol–water partition coefficient (Wildman–Crippen LogP) is 2.51. The second kappa shape index (κ2) is 4.47. The summed E-state index contributed by atoms with van der Waals surface area (Å²) in [6.45, 7) is 0. The molecule has 3 aromatic heterocycles. The first kappa shape index (κ1) is 11.3. The summed E-state index contributed by atoms with van der Waals surface area (Å²) in [5, 5.41) is 1.80. The largest absolute Gasteiger partial charge is 0.368 e. The molecule has 0 aliphatic carbocycles. The Morgan fingerprint density at radius 2 is 2.17 bits per heavy atom. The molecule has 3 rings (SSSR count). The molecular weight excluding hydrogens is 270 g/mol. The van der Waals surface area contributed by atoms with E-state index in [2.05, 4.69) is 15.0 Å². The summed E-state index contributed by atoms with van der Waals surface area (Å²) >= 11 is 7.23. The van der Waals surface area contributed by atoms with Crippen LogP contribution in [0.25, 0.3) is 5.52 Å². The summed E-state index contributed by atoms with van der Waals surface area (Å²) < 4.78 is 1.97. The van der Waals surface area contributed by atoms with Crippen molar-refractivity contribution >= 4 is 34.8 Å². The van der Waals surface area contributed by atoms with Crippen LogP contribution in [0.4, 0.5) is 5.95 Å². The molecular formula is C11H8ClN5S. The fourth-order valence-corrected chi connectivity index (χ4v) is 2.68. The molecule has 0 unspecified atom stereocenters. The number of pyridine rings is 1. The molecule has 18 heavy (non-hydrogen) atoms. The van der Waals surface area contributed by atoms with E-state index in [4.69, 9.17) is 17.3 Å². The minimum absolute atomic E-state index is 0.158. The highest BCUT2D eigenvalue weighted by Gasteiger charge is 2.08. The van der Waals surface area contributed by atoms with Gasteiger partial charge in [-0.25, -0.2) is 15.0 Å². The van der Waals surface area contributed by atoms with Crippen molar-refractivity contribution in [3.05, 3.63) is 41.8 Å². The van der Waals surface area contributed by atoms with Gasteiger partial charge in [0, 0.05) is 12.3 Å². The first-order valence-electron chi connectivity index (χ1n) is 5.12. The van der Waals surface area contributed by atoms with Gasteiger partial charge in [-0.05, 0) is 23.9 Å². The molecule has 5 nitrogen and oxygen atoms in total. The number of hydrogen-bond acceptors (Lipinski definition) is 5. The van der Waals surface area contributed by atoms with Gasteiger partial charge in [0.2, 0.25) is 5.95 Å². The van der Waals surface area contributed by atoms with Crippen LogP contribution in [0.3, 0.4) is 0 Å². The van der Waals surface area contributed by atoms with Crippen LogP contribution in [0, 0.1) is 0 Å². The highest BCUT2D eigenvalue weighted by Crippen LogP contribution is 2.27. The van der Waals surface area contributed by atoms with Crippen molar-refractivity contribution in [1.29, 1.82) is 0 Å². The number of imidazole rings is 1. The molecule has 0 radical (unpaired) electrons. The van der Waals surface area contributed by atoms with Crippen LogP contribution in [0.15, 0.2) is 46.8 Å². The number of rotatable bonds is 2. The van der Waals surface area contributed by atoms with Gasteiger partial charge in [-0.1, -0.05) is 17.7 Å². The fourth-order valence-electron chi connectivity index (χ4n) is 1.55. The molecule has 0 atom stereocenters. The molecule has 0 aliphatic rings. The Labute approximate surface area is 112 Å². The van der Waals surface area contributed by atoms with Crippen LogP contribution < -0.4 is 5.73 Å². The average Bonchev–Trinajstić information content (AvgIpc) is 2.72. The third kappa shape index (κ3) is 2.12. The molecule has 0 spiro atoms. The molecule has 0 aliphatic heterocycles. The van der Waals surface area contributed by atoms with Gasteiger partial charge in [0.25, 0.3) is 0 Å². The number of aromatic nitrogens is 4. The van der Waals surface area contributed by atoms with Crippen molar-refractivity contribution in [2.24, 2.45) is 0 Å². The van der Waals surface area contributed by atoms with Gasteiger partial charge in [0.15, 0.2) is 5.16 Å². The Bertz CT molecular complexity index is 691. The van der Waals surface area contributed by atoms with Crippen molar-refractivity contribution in [2.75, 3.05) is 5.73 Å². The maximum absolute atomic E-state index is 5.84. The second-order valence-electron chi connectivity index (χ2n) is 3.53. The zero-order valence-electron chi connectivity index (χ0n) is 9.12. The van der Waals surface area contributed by atoms with E-state index in [9.17, 15) is 0 Å². The van der Waals surface area contributed by atoms with Crippen LogP contribution in [0.1, 0.15) is 0 Å². The van der Waals surface area contributed by atoms with Crippen molar-refractivity contribution < 1.29 is 0 Å². The summed E-state index contributed by atoms with van der Waals surface area (Å²) in [5.41, 5.74) is 6.58. The summed E-state index contributed by atoms with van der Waals surface area (Å²) in [5.74, 6) is 0.158. The maximum Gasteiger partial charge on any atom is 0.222 e. The van der Waals surface area contributed by atoms with Crippen molar-refractivity contribution in [3.8, 4) is 0 Å². The lowest BCUT2D eigenvalue weighted by Crippen LogP contribution is -1.96. The van der Waals surface area contributed by atoms with E-state index in [1.807, 2.05) is 28.8 Å². The van der Waals surface area contributed by atoms with Gasteiger partial charge in [-0.2, -0.15) is 0 Å². The number of nitrogens with zero attached hydrogens (tertiary/aromatic N) is 4. The zero-order valence-corrected chi connectivity index (χ0v) is 10.7. The zero-order chi connectivity index (χ0) is 12.5. The van der Waals surface area contributed by atoms with E-state index in [-0.39, 0.29) is 5.95 Å². The van der Waals surface area contributed by atoms with E-state index in [0.717, 1.165) is 10.7 Å². The van der Waals surface area contributed by atoms with E-state index in [0.29, 0.717) is 10.2 Å². The van der Waals surface area contributed by atoms with Crippen LogP contribution in [0.5, 0.6) is 0 Å². The van der Waals surface area contributed by atoms with Gasteiger partial charge in [0.1, 0.15) is 10.2 Å². The highest BCUT2D eigenvalue weighted by atomic mass is 35.5. The third-order valence-electron chi connectivity index (χ3n) is 2.29. The van der Waals surface area contributed by atoms with E-state index < -0.39 is 0 Å². The van der Waals surface area contributed by atoms with Crippen molar-refractivity contribution in [2.45, 2.75) is 10.2 Å². The minimum Gasteiger partial charge on any atom is -0.368 e. The Morgan fingerprint density at radius 1 is 1.28 bits per heavy atom. The molecule has 7 heteroatoms. The summed E-state index contributed by atoms with van der Waals surface area (Å²) in [6.07, 6.45) is 3.74. The smallest absolute Gasteiger partial charge is 0.222 e. The van der Waals surface area contributed by atoms with Crippen LogP contribution in [-0.4, -0.2) is 19.4 Å². The molecule has 0 aromatic carbocycles. The molecule has 0 saturated heterocycles. The SMILES string of the molecule is Nc1nc(Cl)cc(Sc2ncc3ccccn23)n1. The van der Waals surface area contributed by atoms with E-state index in [1.54, 1.807) is 12.3 Å². The minimum atomic E-state index is 0.158. The Morgan fingerprint density at radius 3 is 3.00 bits per heavy atom. The standard InChI is InChI=1S/C11H8ClN5S/c12-8-5-9(16-10(13)15-8)18-11-14-6-7-3-1-2-4-17(7)11/h1-6H,(H2,13,15,16). The number of nitrogens with two attached hydrogens (primary N) is 1. The molecule has 0 fully saturated rings. The predicted molar refractivity (Wildman–Crippen MR) is 70.8 cm³/mol. The normalized spacial score (nSPS) is 10.9. The van der Waals surface area contributed by atoms with Crippen molar-refractivity contribution in [3.63, 3.8) is 0 Å². The summed E-state index contributed by atoms with van der Waals surface area (Å²) in [6, 6.07) is 7.55. The average molecular weight is 278 g/mol. The van der Waals surface area contributed by atoms with E-state index in [1.165, 1.54) is 11.8 Å². The van der Waals surface area contributed by atoms with Crippen LogP contribution in [0.2, 0.25) is 5.15 Å². The lowest BCUT2D eigenvalue weighted by atomic mass is 10.4. The number of nitrogen functional groups attached to an aromatic ring is 1. The maximum atomic E-state index is 5.84. The van der Waals surface area contributed by atoms with Gasteiger partial charge < -0.3 is 5.73 Å². The molecule has 90 valence electrons. The van der Waals surface area contributed by atoms with Gasteiger partial charge in [-0.15, -0.1) is 0 Å². The van der Waals surface area contributed by atoms with Crippen LogP contribution in [-0.2, 0) is 0 Å². The van der Waals surface area contributed by atoms with Gasteiger partial charge in [0.05, 0.1) is 11.7 Å². The Hall–Kier alpha value is -1.79. The topological polar surface area (TPSA) is 69.1 Å². The number of anilines is 1. The molecule has 0 bridgehead atoms. The van der Waals surface area contributed by atoms with Crippen LogP contribution >= 0.6 is 23.4 Å². The number of halogens is 1. The fraction of sp³-hybridized carbons (Fsp3) is 0. The lowest BCUT2D eigenvalue weighted by Gasteiger charge is -2.01. The Kier molecular flexibility index (Phi) is 2.81. The quantitative estimate of drug-likeness (QED) is 0.729. The summed E-state index contributed by atoms with van der Waals surface area (Å²) in [7, 11) is 0. The first-order chi connectivity index (χ1) is 8.72. The van der Waals surface area contributed by atoms with Gasteiger partial charge >= 0.3 is 0 Å². The van der Waals surface area contributed by atoms with E-state index >= 15 is 0 Å². The molecule has 3 aromatic rings. The monoisotopic (exact) mass is 277 g/mol. The lowest BCUT2D eigenvalue weighted by molar-refractivity contribution is 0.949. The second-order valence-corrected chi connectivity index (χ2v) is 4.90. The molecule has 0 amide bonds. The van der Waals surface area contributed by atoms with Gasteiger partial charge in [-0.3, -0.25) is 4.40 Å². The highest BCUT2D eigenvalue weighted by molar-refractivity contribution is 7.99. The van der Waals surface area contributed by atoms with Crippen molar-refractivity contribution in [1.82, 2.24) is 19.4 Å². The first-order valence-corrected chi connectivity index (χ1v) is 6.32. The number of fused-ring (bicyclic) bond motifs is 1. The third-order valence-corrected chi connectivity index (χ3v) is 3.39. The molecule has 2 N–H and O–H groups in total. The Balaban J connectivity index is 2.01.